The highest BCUT2D eigenvalue weighted by Crippen LogP contribution is 2.43. The predicted molar refractivity (Wildman–Crippen MR) is 64.3 cm³/mol. The summed E-state index contributed by atoms with van der Waals surface area (Å²) in [6.45, 7) is 1.40. The summed E-state index contributed by atoms with van der Waals surface area (Å²) in [5.41, 5.74) is 0. The quantitative estimate of drug-likeness (QED) is 0.636. The first-order chi connectivity index (χ1) is 8.72. The van der Waals surface area contributed by atoms with Crippen LogP contribution in [0.25, 0.3) is 0 Å². The maximum Gasteiger partial charge on any atom is 0.303 e. The van der Waals surface area contributed by atoms with Gasteiger partial charge in [0.05, 0.1) is 18.8 Å². The zero-order valence-electron chi connectivity index (χ0n) is 10.6. The number of carboxylic acid groups (broad SMARTS) is 1. The second-order valence-electron chi connectivity index (χ2n) is 5.23. The van der Waals surface area contributed by atoms with Gasteiger partial charge in [-0.05, 0) is 25.7 Å². The molecule has 5 heteroatoms. The SMILES string of the molecule is O=C(O)CCCCOC[C@@H]1[C@H](CO)[C@@H]2CC[C@H]1O2. The minimum atomic E-state index is -0.753. The summed E-state index contributed by atoms with van der Waals surface area (Å²) in [6, 6.07) is 0. The van der Waals surface area contributed by atoms with Crippen LogP contribution in [0.1, 0.15) is 32.1 Å². The molecule has 0 amide bonds. The molecule has 2 aliphatic rings. The van der Waals surface area contributed by atoms with Gasteiger partial charge in [0.25, 0.3) is 0 Å². The van der Waals surface area contributed by atoms with E-state index in [0.29, 0.717) is 25.6 Å². The third-order valence-electron chi connectivity index (χ3n) is 4.04. The summed E-state index contributed by atoms with van der Waals surface area (Å²) >= 11 is 0. The lowest BCUT2D eigenvalue weighted by Gasteiger charge is -2.26. The van der Waals surface area contributed by atoms with Crippen molar-refractivity contribution >= 4 is 5.97 Å². The second-order valence-corrected chi connectivity index (χ2v) is 5.23. The molecule has 0 aromatic carbocycles. The molecule has 5 nitrogen and oxygen atoms in total. The Labute approximate surface area is 107 Å². The van der Waals surface area contributed by atoms with Crippen molar-refractivity contribution in [2.24, 2.45) is 11.8 Å². The third kappa shape index (κ3) is 3.22. The molecule has 2 aliphatic heterocycles. The number of aliphatic hydroxyl groups excluding tert-OH is 1. The molecule has 0 aliphatic carbocycles. The van der Waals surface area contributed by atoms with Gasteiger partial charge in [-0.2, -0.15) is 0 Å². The molecule has 0 aromatic heterocycles. The van der Waals surface area contributed by atoms with E-state index in [-0.39, 0.29) is 31.2 Å². The molecule has 0 aromatic rings. The number of carbonyl (C=O) groups is 1. The number of fused-ring (bicyclic) bond motifs is 2. The van der Waals surface area contributed by atoms with E-state index >= 15 is 0 Å². The Kier molecular flexibility index (Phi) is 4.97. The molecule has 0 unspecified atom stereocenters. The van der Waals surface area contributed by atoms with Crippen molar-refractivity contribution in [3.63, 3.8) is 0 Å². The van der Waals surface area contributed by atoms with Crippen molar-refractivity contribution < 1.29 is 24.5 Å². The van der Waals surface area contributed by atoms with E-state index in [1.165, 1.54) is 0 Å². The zero-order chi connectivity index (χ0) is 13.0. The fourth-order valence-corrected chi connectivity index (χ4v) is 3.05. The van der Waals surface area contributed by atoms with Crippen molar-refractivity contribution in [1.82, 2.24) is 0 Å². The number of ether oxygens (including phenoxy) is 2. The van der Waals surface area contributed by atoms with Gasteiger partial charge in [-0.1, -0.05) is 0 Å². The molecule has 104 valence electrons. The molecule has 0 spiro atoms. The summed E-state index contributed by atoms with van der Waals surface area (Å²) in [4.78, 5) is 10.3. The van der Waals surface area contributed by atoms with E-state index in [9.17, 15) is 9.90 Å². The Morgan fingerprint density at radius 2 is 1.94 bits per heavy atom. The van der Waals surface area contributed by atoms with Gasteiger partial charge in [-0.25, -0.2) is 0 Å². The van der Waals surface area contributed by atoms with Crippen LogP contribution in [0.15, 0.2) is 0 Å². The molecule has 2 rings (SSSR count). The second kappa shape index (κ2) is 6.50. The Morgan fingerprint density at radius 1 is 1.22 bits per heavy atom. The highest BCUT2D eigenvalue weighted by atomic mass is 16.5. The maximum atomic E-state index is 10.3. The van der Waals surface area contributed by atoms with Crippen LogP contribution in [-0.2, 0) is 14.3 Å². The van der Waals surface area contributed by atoms with Gasteiger partial charge in [0.15, 0.2) is 0 Å². The Hall–Kier alpha value is -0.650. The van der Waals surface area contributed by atoms with E-state index in [4.69, 9.17) is 14.6 Å². The van der Waals surface area contributed by atoms with Crippen LogP contribution in [-0.4, -0.2) is 48.2 Å². The molecule has 2 heterocycles. The standard InChI is InChI=1S/C13H22O5/c14-7-9-10(12-5-4-11(9)18-12)8-17-6-2-1-3-13(15)16/h9-12,14H,1-8H2,(H,15,16)/t9-,10+,11-,12+/m0/s1. The summed E-state index contributed by atoms with van der Waals surface area (Å²) in [5, 5.41) is 17.9. The van der Waals surface area contributed by atoms with Gasteiger partial charge in [0.1, 0.15) is 0 Å². The number of aliphatic carboxylic acids is 1. The van der Waals surface area contributed by atoms with Crippen molar-refractivity contribution in [1.29, 1.82) is 0 Å². The maximum absolute atomic E-state index is 10.3. The molecule has 2 saturated heterocycles. The van der Waals surface area contributed by atoms with Gasteiger partial charge < -0.3 is 19.7 Å². The first kappa shape index (κ1) is 13.8. The molecule has 2 bridgehead atoms. The normalized spacial score (nSPS) is 34.1. The predicted octanol–water partition coefficient (Wildman–Crippen LogP) is 1.04. The minimum absolute atomic E-state index is 0.175. The van der Waals surface area contributed by atoms with Crippen molar-refractivity contribution in [3.05, 3.63) is 0 Å². The highest BCUT2D eigenvalue weighted by molar-refractivity contribution is 5.66. The largest absolute Gasteiger partial charge is 0.481 e. The molecular weight excluding hydrogens is 236 g/mol. The Bertz CT molecular complexity index is 281. The zero-order valence-corrected chi connectivity index (χ0v) is 10.6. The first-order valence-electron chi connectivity index (χ1n) is 6.78. The molecule has 2 N–H and O–H groups in total. The smallest absolute Gasteiger partial charge is 0.303 e. The van der Waals surface area contributed by atoms with Crippen LogP contribution < -0.4 is 0 Å². The Morgan fingerprint density at radius 3 is 2.61 bits per heavy atom. The van der Waals surface area contributed by atoms with E-state index in [1.54, 1.807) is 0 Å². The minimum Gasteiger partial charge on any atom is -0.481 e. The first-order valence-corrected chi connectivity index (χ1v) is 6.78. The van der Waals surface area contributed by atoms with E-state index < -0.39 is 5.97 Å². The number of carboxylic acids is 1. The van der Waals surface area contributed by atoms with Crippen LogP contribution in [0.5, 0.6) is 0 Å². The lowest BCUT2D eigenvalue weighted by molar-refractivity contribution is -0.137. The van der Waals surface area contributed by atoms with Gasteiger partial charge in [0.2, 0.25) is 0 Å². The van der Waals surface area contributed by atoms with Gasteiger partial charge in [-0.3, -0.25) is 4.79 Å². The van der Waals surface area contributed by atoms with Crippen LogP contribution in [0.2, 0.25) is 0 Å². The van der Waals surface area contributed by atoms with E-state index in [2.05, 4.69) is 0 Å². The lowest BCUT2D eigenvalue weighted by Crippen LogP contribution is -2.33. The molecule has 18 heavy (non-hydrogen) atoms. The van der Waals surface area contributed by atoms with Crippen LogP contribution in [0, 0.1) is 11.8 Å². The van der Waals surface area contributed by atoms with E-state index in [0.717, 1.165) is 19.3 Å². The number of rotatable bonds is 8. The van der Waals surface area contributed by atoms with Crippen LogP contribution in [0.3, 0.4) is 0 Å². The number of unbranched alkanes of at least 4 members (excludes halogenated alkanes) is 1. The van der Waals surface area contributed by atoms with Crippen molar-refractivity contribution in [2.75, 3.05) is 19.8 Å². The molecule has 0 saturated carbocycles. The number of aliphatic hydroxyl groups is 1. The van der Waals surface area contributed by atoms with Gasteiger partial charge >= 0.3 is 5.97 Å². The van der Waals surface area contributed by atoms with Crippen molar-refractivity contribution in [3.8, 4) is 0 Å². The molecule has 2 fully saturated rings. The summed E-state index contributed by atoms with van der Waals surface area (Å²) in [5.74, 6) is -0.215. The highest BCUT2D eigenvalue weighted by Gasteiger charge is 2.48. The summed E-state index contributed by atoms with van der Waals surface area (Å²) in [6.07, 6.45) is 4.26. The molecule has 0 radical (unpaired) electrons. The van der Waals surface area contributed by atoms with Crippen LogP contribution in [0.4, 0.5) is 0 Å². The fraction of sp³-hybridized carbons (Fsp3) is 0.923. The van der Waals surface area contributed by atoms with Gasteiger partial charge in [-0.15, -0.1) is 0 Å². The topological polar surface area (TPSA) is 76.0 Å². The number of hydrogen-bond donors (Lipinski definition) is 2. The lowest BCUT2D eigenvalue weighted by atomic mass is 9.80. The van der Waals surface area contributed by atoms with Gasteiger partial charge in [0, 0.05) is 31.5 Å². The monoisotopic (exact) mass is 258 g/mol. The molecular formula is C13H22O5. The van der Waals surface area contributed by atoms with E-state index in [1.807, 2.05) is 0 Å². The molecule has 4 atom stereocenters. The van der Waals surface area contributed by atoms with Crippen LogP contribution >= 0.6 is 0 Å². The van der Waals surface area contributed by atoms with Crippen molar-refractivity contribution in [2.45, 2.75) is 44.3 Å². The Balaban J connectivity index is 1.60. The average Bonchev–Trinajstić information content (AvgIpc) is 2.93. The summed E-state index contributed by atoms with van der Waals surface area (Å²) < 4.78 is 11.4. The number of hydrogen-bond acceptors (Lipinski definition) is 4. The summed E-state index contributed by atoms with van der Waals surface area (Å²) in [7, 11) is 0. The third-order valence-corrected chi connectivity index (χ3v) is 4.04. The fourth-order valence-electron chi connectivity index (χ4n) is 3.05. The average molecular weight is 258 g/mol.